The number of anilines is 3. The van der Waals surface area contributed by atoms with Crippen molar-refractivity contribution < 1.29 is 19.5 Å². The lowest BCUT2D eigenvalue weighted by molar-refractivity contribution is -0.120. The number of phenols is 1. The Morgan fingerprint density at radius 2 is 1.59 bits per heavy atom. The monoisotopic (exact) mass is 535 g/mol. The molecule has 3 N–H and O–H groups in total. The maximum absolute atomic E-state index is 12.9. The van der Waals surface area contributed by atoms with Gasteiger partial charge in [-0.3, -0.25) is 14.4 Å². The Morgan fingerprint density at radius 1 is 0.882 bits per heavy atom. The van der Waals surface area contributed by atoms with Gasteiger partial charge in [-0.25, -0.2) is 4.90 Å². The molecule has 0 unspecified atom stereocenters. The Bertz CT molecular complexity index is 1370. The van der Waals surface area contributed by atoms with Crippen molar-refractivity contribution in [1.82, 2.24) is 0 Å². The van der Waals surface area contributed by atoms with Gasteiger partial charge in [0, 0.05) is 16.3 Å². The lowest BCUT2D eigenvalue weighted by Crippen LogP contribution is -2.32. The average Bonchev–Trinajstić information content (AvgIpc) is 3.02. The van der Waals surface area contributed by atoms with Crippen LogP contribution in [0.4, 0.5) is 17.1 Å². The molecule has 0 fully saturated rings. The molecule has 3 amide bonds. The minimum absolute atomic E-state index is 0.0395. The van der Waals surface area contributed by atoms with Crippen LogP contribution >= 0.6 is 46.4 Å². The van der Waals surface area contributed by atoms with Crippen molar-refractivity contribution >= 4 is 81.2 Å². The van der Waals surface area contributed by atoms with Crippen molar-refractivity contribution in [3.63, 3.8) is 0 Å². The van der Waals surface area contributed by atoms with Crippen LogP contribution in [0.15, 0.2) is 71.4 Å². The van der Waals surface area contributed by atoms with Crippen molar-refractivity contribution in [2.45, 2.75) is 0 Å². The number of benzene rings is 3. The highest BCUT2D eigenvalue weighted by atomic mass is 35.5. The van der Waals surface area contributed by atoms with Crippen LogP contribution in [0.3, 0.4) is 0 Å². The molecule has 0 bridgehead atoms. The van der Waals surface area contributed by atoms with Crippen molar-refractivity contribution in [1.29, 1.82) is 0 Å². The highest BCUT2D eigenvalue weighted by Crippen LogP contribution is 2.37. The van der Waals surface area contributed by atoms with Gasteiger partial charge in [0.15, 0.2) is 0 Å². The van der Waals surface area contributed by atoms with Gasteiger partial charge in [0.1, 0.15) is 16.5 Å². The molecule has 4 rings (SSSR count). The Hall–Kier alpha value is -3.23. The Balaban J connectivity index is 1.51. The molecule has 172 valence electrons. The summed E-state index contributed by atoms with van der Waals surface area (Å²) in [6.07, 6.45) is 0. The third-order valence-electron chi connectivity index (χ3n) is 4.82. The van der Waals surface area contributed by atoms with Crippen LogP contribution in [0, 0.1) is 0 Å². The van der Waals surface area contributed by atoms with Gasteiger partial charge in [-0.15, -0.1) is 0 Å². The Labute approximate surface area is 213 Å². The summed E-state index contributed by atoms with van der Waals surface area (Å²) in [6.45, 7) is 0. The zero-order valence-corrected chi connectivity index (χ0v) is 19.9. The second-order valence-electron chi connectivity index (χ2n) is 7.03. The Morgan fingerprint density at radius 3 is 2.29 bits per heavy atom. The number of carbonyl (C=O) groups is 3. The molecule has 1 aliphatic heterocycles. The number of imide groups is 1. The van der Waals surface area contributed by atoms with E-state index in [1.165, 1.54) is 54.6 Å². The molecule has 0 aliphatic carbocycles. The number of nitrogens with one attached hydrogen (secondary N) is 2. The largest absolute Gasteiger partial charge is 0.506 e. The third kappa shape index (κ3) is 4.56. The number of hydrogen-bond donors (Lipinski definition) is 3. The standard InChI is InChI=1S/C23H13Cl4N3O4/c24-12-6-9-17(31)15(10-12)29-21(32)11-4-7-13(8-5-11)28-20-19(27)22(33)30(23(20)34)16-3-1-2-14(25)18(16)26/h1-10,28,31H,(H,29,32). The molecule has 0 saturated carbocycles. The third-order valence-corrected chi connectivity index (χ3v) is 6.22. The summed E-state index contributed by atoms with van der Waals surface area (Å²) in [5.74, 6) is -2.09. The summed E-state index contributed by atoms with van der Waals surface area (Å²) >= 11 is 24.2. The molecular weight excluding hydrogens is 524 g/mol. The zero-order valence-electron chi connectivity index (χ0n) is 16.9. The molecule has 0 aromatic heterocycles. The summed E-state index contributed by atoms with van der Waals surface area (Å²) in [6, 6.07) is 14.8. The van der Waals surface area contributed by atoms with Gasteiger partial charge >= 0.3 is 0 Å². The molecule has 0 saturated heterocycles. The maximum Gasteiger partial charge on any atom is 0.283 e. The predicted molar refractivity (Wildman–Crippen MR) is 133 cm³/mol. The van der Waals surface area contributed by atoms with Crippen LogP contribution in [0.2, 0.25) is 15.1 Å². The van der Waals surface area contributed by atoms with Crippen LogP contribution < -0.4 is 15.5 Å². The minimum Gasteiger partial charge on any atom is -0.506 e. The van der Waals surface area contributed by atoms with E-state index in [9.17, 15) is 19.5 Å². The van der Waals surface area contributed by atoms with Gasteiger partial charge in [0.2, 0.25) is 0 Å². The van der Waals surface area contributed by atoms with E-state index in [-0.39, 0.29) is 43.5 Å². The molecule has 7 nitrogen and oxygen atoms in total. The first-order valence-electron chi connectivity index (χ1n) is 9.57. The van der Waals surface area contributed by atoms with Gasteiger partial charge in [0.25, 0.3) is 17.7 Å². The van der Waals surface area contributed by atoms with Crippen molar-refractivity contribution in [2.75, 3.05) is 15.5 Å². The molecule has 0 radical (unpaired) electrons. The van der Waals surface area contributed by atoms with E-state index in [4.69, 9.17) is 46.4 Å². The van der Waals surface area contributed by atoms with Gasteiger partial charge in [-0.1, -0.05) is 52.5 Å². The molecule has 3 aromatic carbocycles. The lowest BCUT2D eigenvalue weighted by atomic mass is 10.1. The number of halogens is 4. The first kappa shape index (κ1) is 23.9. The van der Waals surface area contributed by atoms with E-state index in [0.29, 0.717) is 10.7 Å². The number of phenolic OH excluding ortho intramolecular Hbond substituents is 1. The van der Waals surface area contributed by atoms with Crippen molar-refractivity contribution in [2.24, 2.45) is 0 Å². The molecule has 1 heterocycles. The lowest BCUT2D eigenvalue weighted by Gasteiger charge is -2.17. The molecule has 0 spiro atoms. The van der Waals surface area contributed by atoms with Crippen LogP contribution in [0.1, 0.15) is 10.4 Å². The number of carbonyl (C=O) groups excluding carboxylic acids is 3. The second-order valence-corrected chi connectivity index (χ2v) is 8.63. The highest BCUT2D eigenvalue weighted by Gasteiger charge is 2.40. The van der Waals surface area contributed by atoms with Gasteiger partial charge in [-0.2, -0.15) is 0 Å². The predicted octanol–water partition coefficient (Wildman–Crippen LogP) is 6.04. The first-order valence-corrected chi connectivity index (χ1v) is 11.1. The van der Waals surface area contributed by atoms with E-state index < -0.39 is 17.7 Å². The van der Waals surface area contributed by atoms with Crippen LogP contribution in [0.25, 0.3) is 0 Å². The van der Waals surface area contributed by atoms with Crippen LogP contribution in [-0.2, 0) is 9.59 Å². The van der Waals surface area contributed by atoms with E-state index in [2.05, 4.69) is 10.6 Å². The molecule has 34 heavy (non-hydrogen) atoms. The quantitative estimate of drug-likeness (QED) is 0.273. The van der Waals surface area contributed by atoms with E-state index >= 15 is 0 Å². The van der Waals surface area contributed by atoms with E-state index in [0.717, 1.165) is 4.90 Å². The summed E-state index contributed by atoms with van der Waals surface area (Å²) in [7, 11) is 0. The molecule has 0 atom stereocenters. The molecule has 3 aromatic rings. The number of rotatable bonds is 5. The second kappa shape index (κ2) is 9.56. The molecule has 1 aliphatic rings. The Kier molecular flexibility index (Phi) is 6.72. The van der Waals surface area contributed by atoms with E-state index in [1.807, 2.05) is 0 Å². The normalized spacial score (nSPS) is 13.5. The van der Waals surface area contributed by atoms with Gasteiger partial charge in [-0.05, 0) is 54.6 Å². The van der Waals surface area contributed by atoms with Crippen LogP contribution in [-0.4, -0.2) is 22.8 Å². The SMILES string of the molecule is O=C(Nc1cc(Cl)ccc1O)c1ccc(NC2=C(Cl)C(=O)N(c3cccc(Cl)c3Cl)C2=O)cc1. The van der Waals surface area contributed by atoms with Crippen molar-refractivity contribution in [3.8, 4) is 5.75 Å². The smallest absolute Gasteiger partial charge is 0.283 e. The fourth-order valence-corrected chi connectivity index (χ4v) is 3.91. The number of amides is 3. The number of nitrogens with zero attached hydrogens (tertiary/aromatic N) is 1. The molecular formula is C23H13Cl4N3O4. The first-order chi connectivity index (χ1) is 16.2. The van der Waals surface area contributed by atoms with Crippen LogP contribution in [0.5, 0.6) is 5.75 Å². The summed E-state index contributed by atoms with van der Waals surface area (Å²) < 4.78 is 0. The fourth-order valence-electron chi connectivity index (χ4n) is 3.15. The highest BCUT2D eigenvalue weighted by molar-refractivity contribution is 6.54. The number of aromatic hydroxyl groups is 1. The fraction of sp³-hybridized carbons (Fsp3) is 0. The maximum atomic E-state index is 12.9. The summed E-state index contributed by atoms with van der Waals surface area (Å²) in [5, 5.41) is 15.5. The van der Waals surface area contributed by atoms with E-state index in [1.54, 1.807) is 6.07 Å². The number of hydrogen-bond acceptors (Lipinski definition) is 5. The summed E-state index contributed by atoms with van der Waals surface area (Å²) in [4.78, 5) is 38.9. The average molecular weight is 537 g/mol. The topological polar surface area (TPSA) is 98.7 Å². The molecule has 11 heteroatoms. The summed E-state index contributed by atoms with van der Waals surface area (Å²) in [5.41, 5.74) is 0.785. The van der Waals surface area contributed by atoms with Gasteiger partial charge in [0.05, 0.1) is 21.4 Å². The van der Waals surface area contributed by atoms with Gasteiger partial charge < -0.3 is 15.7 Å². The minimum atomic E-state index is -0.754. The zero-order chi connectivity index (χ0) is 24.6. The van der Waals surface area contributed by atoms with Crippen molar-refractivity contribution in [3.05, 3.63) is 92.0 Å².